The molecule has 0 fully saturated rings. The fraction of sp³-hybridized carbons (Fsp3) is 0.167. The third kappa shape index (κ3) is 2.68. The molecule has 0 saturated carbocycles. The van der Waals surface area contributed by atoms with Gasteiger partial charge < -0.3 is 9.47 Å². The molecule has 1 aliphatic rings. The van der Waals surface area contributed by atoms with Crippen LogP contribution in [-0.4, -0.2) is 32.8 Å². The molecule has 0 atom stereocenters. The van der Waals surface area contributed by atoms with Crippen molar-refractivity contribution in [2.75, 3.05) is 6.79 Å². The fourth-order valence-electron chi connectivity index (χ4n) is 1.91. The van der Waals surface area contributed by atoms with Gasteiger partial charge in [-0.15, -0.1) is 0 Å². The van der Waals surface area contributed by atoms with Crippen LogP contribution in [0.2, 0.25) is 0 Å². The Kier molecular flexibility index (Phi) is 3.62. The highest BCUT2D eigenvalue weighted by atomic mass is 32.1. The molecule has 0 aliphatic carbocycles. The SMILES string of the molecule is Cc1n[nH]c(=S)n(N=Cc2cc3c(cc2[N+](=O)[O-])OCO3)c1=O. The molecule has 10 nitrogen and oxygen atoms in total. The number of nitrogens with zero attached hydrogens (tertiary/aromatic N) is 4. The summed E-state index contributed by atoms with van der Waals surface area (Å²) in [7, 11) is 0. The highest BCUT2D eigenvalue weighted by Crippen LogP contribution is 2.37. The van der Waals surface area contributed by atoms with E-state index in [4.69, 9.17) is 21.7 Å². The second-order valence-electron chi connectivity index (χ2n) is 4.50. The van der Waals surface area contributed by atoms with Crippen LogP contribution in [0.25, 0.3) is 0 Å². The van der Waals surface area contributed by atoms with Gasteiger partial charge >= 0.3 is 0 Å². The van der Waals surface area contributed by atoms with E-state index in [1.54, 1.807) is 0 Å². The van der Waals surface area contributed by atoms with Crippen molar-refractivity contribution in [2.45, 2.75) is 6.92 Å². The van der Waals surface area contributed by atoms with E-state index in [1.807, 2.05) is 0 Å². The van der Waals surface area contributed by atoms with Gasteiger partial charge in [0, 0.05) is 0 Å². The monoisotopic (exact) mass is 335 g/mol. The van der Waals surface area contributed by atoms with Crippen LogP contribution in [-0.2, 0) is 0 Å². The predicted octanol–water partition coefficient (Wildman–Crippen LogP) is 1.13. The zero-order valence-electron chi connectivity index (χ0n) is 11.7. The molecule has 3 rings (SSSR count). The normalized spacial score (nSPS) is 12.7. The maximum atomic E-state index is 11.9. The molecule has 0 unspecified atom stereocenters. The van der Waals surface area contributed by atoms with E-state index >= 15 is 0 Å². The van der Waals surface area contributed by atoms with Gasteiger partial charge in [-0.1, -0.05) is 0 Å². The Hall–Kier alpha value is -3.08. The molecule has 0 saturated heterocycles. The number of rotatable bonds is 3. The van der Waals surface area contributed by atoms with Crippen molar-refractivity contribution in [1.29, 1.82) is 0 Å². The zero-order chi connectivity index (χ0) is 16.6. The number of fused-ring (bicyclic) bond motifs is 1. The summed E-state index contributed by atoms with van der Waals surface area (Å²) in [4.78, 5) is 22.5. The lowest BCUT2D eigenvalue weighted by atomic mass is 10.1. The summed E-state index contributed by atoms with van der Waals surface area (Å²) in [6, 6.07) is 2.65. The van der Waals surface area contributed by atoms with Crippen molar-refractivity contribution in [3.63, 3.8) is 0 Å². The Morgan fingerprint density at radius 3 is 2.87 bits per heavy atom. The number of aromatic amines is 1. The first-order valence-electron chi connectivity index (χ1n) is 6.28. The van der Waals surface area contributed by atoms with E-state index < -0.39 is 10.5 Å². The minimum atomic E-state index is -0.579. The lowest BCUT2D eigenvalue weighted by Crippen LogP contribution is -2.22. The number of hydrogen-bond donors (Lipinski definition) is 1. The first-order valence-corrected chi connectivity index (χ1v) is 6.69. The number of aryl methyl sites for hydroxylation is 1. The Morgan fingerprint density at radius 2 is 2.17 bits per heavy atom. The van der Waals surface area contributed by atoms with Gasteiger partial charge in [0.05, 0.1) is 22.8 Å². The average molecular weight is 335 g/mol. The van der Waals surface area contributed by atoms with E-state index in [1.165, 1.54) is 19.1 Å². The van der Waals surface area contributed by atoms with Crippen molar-refractivity contribution >= 4 is 24.1 Å². The summed E-state index contributed by atoms with van der Waals surface area (Å²) in [5, 5.41) is 21.2. The minimum Gasteiger partial charge on any atom is -0.454 e. The van der Waals surface area contributed by atoms with Crippen molar-refractivity contribution in [3.8, 4) is 11.5 Å². The summed E-state index contributed by atoms with van der Waals surface area (Å²) in [6.07, 6.45) is 1.16. The van der Waals surface area contributed by atoms with E-state index in [2.05, 4.69) is 15.3 Å². The van der Waals surface area contributed by atoms with E-state index in [-0.39, 0.29) is 34.3 Å². The van der Waals surface area contributed by atoms with E-state index in [9.17, 15) is 14.9 Å². The lowest BCUT2D eigenvalue weighted by Gasteiger charge is -2.02. The molecule has 0 radical (unpaired) electrons. The molecule has 1 aliphatic heterocycles. The second-order valence-corrected chi connectivity index (χ2v) is 4.88. The third-order valence-electron chi connectivity index (χ3n) is 3.04. The van der Waals surface area contributed by atoms with Gasteiger partial charge in [0.2, 0.25) is 11.6 Å². The van der Waals surface area contributed by atoms with Gasteiger partial charge in [-0.3, -0.25) is 20.0 Å². The lowest BCUT2D eigenvalue weighted by molar-refractivity contribution is -0.385. The Bertz CT molecular complexity index is 948. The molecule has 1 aromatic carbocycles. The van der Waals surface area contributed by atoms with Crippen LogP contribution in [0.4, 0.5) is 5.69 Å². The molecule has 0 bridgehead atoms. The maximum absolute atomic E-state index is 11.9. The molecule has 11 heteroatoms. The van der Waals surface area contributed by atoms with Crippen LogP contribution < -0.4 is 15.0 Å². The minimum absolute atomic E-state index is 0.0125. The second kappa shape index (κ2) is 5.61. The molecule has 2 aromatic rings. The highest BCUT2D eigenvalue weighted by Gasteiger charge is 2.22. The van der Waals surface area contributed by atoms with E-state index in [0.717, 1.165) is 10.9 Å². The van der Waals surface area contributed by atoms with Crippen LogP contribution in [0, 0.1) is 21.8 Å². The molecular weight excluding hydrogens is 326 g/mol. The summed E-state index contributed by atoms with van der Waals surface area (Å²) in [6.45, 7) is 1.48. The largest absolute Gasteiger partial charge is 0.454 e. The van der Waals surface area contributed by atoms with Crippen LogP contribution in [0.5, 0.6) is 11.5 Å². The van der Waals surface area contributed by atoms with Crippen LogP contribution in [0.15, 0.2) is 22.0 Å². The van der Waals surface area contributed by atoms with Gasteiger partial charge in [0.15, 0.2) is 11.5 Å². The van der Waals surface area contributed by atoms with Gasteiger partial charge in [0.25, 0.3) is 11.2 Å². The predicted molar refractivity (Wildman–Crippen MR) is 80.6 cm³/mol. The number of H-pyrrole nitrogens is 1. The molecule has 0 amide bonds. The topological polar surface area (TPSA) is 125 Å². The number of nitro benzene ring substituents is 1. The van der Waals surface area contributed by atoms with Gasteiger partial charge in [-0.25, -0.2) is 0 Å². The quantitative estimate of drug-likeness (QED) is 0.386. The summed E-state index contributed by atoms with van der Waals surface area (Å²) >= 11 is 4.93. The Morgan fingerprint density at radius 1 is 1.48 bits per heavy atom. The molecule has 118 valence electrons. The number of aromatic nitrogens is 3. The van der Waals surface area contributed by atoms with Gasteiger partial charge in [0.1, 0.15) is 5.69 Å². The first-order chi connectivity index (χ1) is 11.0. The van der Waals surface area contributed by atoms with Crippen molar-refractivity contribution in [1.82, 2.24) is 14.9 Å². The molecule has 0 spiro atoms. The zero-order valence-corrected chi connectivity index (χ0v) is 12.5. The maximum Gasteiger partial charge on any atom is 0.296 e. The van der Waals surface area contributed by atoms with Crippen LogP contribution in [0.1, 0.15) is 11.3 Å². The Labute approximate surface area is 133 Å². The molecular formula is C12H9N5O5S. The first kappa shape index (κ1) is 14.8. The van der Waals surface area contributed by atoms with Gasteiger partial charge in [-0.05, 0) is 25.2 Å². The average Bonchev–Trinajstić information content (AvgIpc) is 2.97. The van der Waals surface area contributed by atoms with Crippen LogP contribution in [0.3, 0.4) is 0 Å². The fourth-order valence-corrected chi connectivity index (χ4v) is 2.08. The number of ether oxygens (including phenoxy) is 2. The standard InChI is InChI=1S/C12H9N5O5S/c1-6-11(18)16(12(23)15-14-6)13-4-7-2-9-10(22-5-21-9)3-8(7)17(19)20/h2-4H,5H2,1H3,(H,15,23). The summed E-state index contributed by atoms with van der Waals surface area (Å²) in [5.74, 6) is 0.642. The summed E-state index contributed by atoms with van der Waals surface area (Å²) in [5.41, 5.74) is -0.439. The van der Waals surface area contributed by atoms with Crippen molar-refractivity contribution < 1.29 is 14.4 Å². The number of nitrogens with one attached hydrogen (secondary N) is 1. The molecule has 1 aromatic heterocycles. The summed E-state index contributed by atoms with van der Waals surface area (Å²) < 4.78 is 11.2. The van der Waals surface area contributed by atoms with Crippen LogP contribution >= 0.6 is 12.2 Å². The molecule has 2 heterocycles. The number of hydrogen-bond acceptors (Lipinski definition) is 8. The molecule has 1 N–H and O–H groups in total. The highest BCUT2D eigenvalue weighted by molar-refractivity contribution is 7.71. The van der Waals surface area contributed by atoms with Crippen molar-refractivity contribution in [3.05, 3.63) is 48.6 Å². The third-order valence-corrected chi connectivity index (χ3v) is 3.31. The number of benzene rings is 1. The van der Waals surface area contributed by atoms with Crippen molar-refractivity contribution in [2.24, 2.45) is 5.10 Å². The van der Waals surface area contributed by atoms with Gasteiger partial charge in [-0.2, -0.15) is 14.9 Å². The molecule has 23 heavy (non-hydrogen) atoms. The smallest absolute Gasteiger partial charge is 0.296 e. The number of nitro groups is 1. The van der Waals surface area contributed by atoms with E-state index in [0.29, 0.717) is 5.75 Å². The Balaban J connectivity index is 2.10.